The third kappa shape index (κ3) is 3.20. The first-order valence-corrected chi connectivity index (χ1v) is 6.86. The number of thioether (sulfide) groups is 1. The molecule has 0 aliphatic heterocycles. The van der Waals surface area contributed by atoms with Crippen molar-refractivity contribution in [1.82, 2.24) is 4.98 Å². The quantitative estimate of drug-likeness (QED) is 0.898. The fourth-order valence-electron chi connectivity index (χ4n) is 1.67. The first kappa shape index (κ1) is 12.4. The number of pyridine rings is 1. The second-order valence-corrected chi connectivity index (χ2v) is 5.96. The molecule has 1 unspecified atom stereocenters. The predicted octanol–water partition coefficient (Wildman–Crippen LogP) is 3.41. The van der Waals surface area contributed by atoms with Crippen molar-refractivity contribution in [3.63, 3.8) is 0 Å². The Kier molecular flexibility index (Phi) is 4.02. The van der Waals surface area contributed by atoms with Crippen molar-refractivity contribution < 1.29 is 5.11 Å². The third-order valence-corrected chi connectivity index (χ3v) is 3.78. The summed E-state index contributed by atoms with van der Waals surface area (Å²) in [6, 6.07) is 9.92. The van der Waals surface area contributed by atoms with Gasteiger partial charge < -0.3 is 5.11 Å². The molecule has 1 aromatic heterocycles. The third-order valence-electron chi connectivity index (χ3n) is 2.60. The van der Waals surface area contributed by atoms with E-state index in [1.165, 1.54) is 0 Å². The summed E-state index contributed by atoms with van der Waals surface area (Å²) in [6.45, 7) is 4.28. The van der Waals surface area contributed by atoms with Crippen LogP contribution in [0.15, 0.2) is 36.5 Å². The van der Waals surface area contributed by atoms with E-state index in [0.29, 0.717) is 5.25 Å². The van der Waals surface area contributed by atoms with Crippen LogP contribution >= 0.6 is 11.8 Å². The van der Waals surface area contributed by atoms with Gasteiger partial charge in [0, 0.05) is 17.3 Å². The summed E-state index contributed by atoms with van der Waals surface area (Å²) in [5.74, 6) is 0.732. The molecule has 2 rings (SSSR count). The zero-order valence-corrected chi connectivity index (χ0v) is 10.9. The summed E-state index contributed by atoms with van der Waals surface area (Å²) in [5.41, 5.74) is 1.89. The van der Waals surface area contributed by atoms with Crippen LogP contribution in [0.25, 0.3) is 10.9 Å². The fraction of sp³-hybridized carbons (Fsp3) is 0.357. The Bertz CT molecular complexity index is 498. The van der Waals surface area contributed by atoms with Gasteiger partial charge in [0.25, 0.3) is 0 Å². The second-order valence-electron chi connectivity index (χ2n) is 4.35. The van der Waals surface area contributed by atoms with Crippen LogP contribution < -0.4 is 0 Å². The van der Waals surface area contributed by atoms with E-state index >= 15 is 0 Å². The van der Waals surface area contributed by atoms with Gasteiger partial charge in [-0.3, -0.25) is 4.98 Å². The van der Waals surface area contributed by atoms with E-state index in [1.807, 2.05) is 30.3 Å². The van der Waals surface area contributed by atoms with E-state index < -0.39 is 6.10 Å². The van der Waals surface area contributed by atoms with Crippen molar-refractivity contribution >= 4 is 22.7 Å². The van der Waals surface area contributed by atoms with Gasteiger partial charge in [-0.25, -0.2) is 0 Å². The highest BCUT2D eigenvalue weighted by Gasteiger charge is 2.09. The predicted molar refractivity (Wildman–Crippen MR) is 74.3 cm³/mol. The van der Waals surface area contributed by atoms with E-state index in [4.69, 9.17) is 0 Å². The molecule has 1 aromatic carbocycles. The van der Waals surface area contributed by atoms with Crippen molar-refractivity contribution in [2.45, 2.75) is 25.2 Å². The van der Waals surface area contributed by atoms with E-state index in [-0.39, 0.29) is 0 Å². The highest BCUT2D eigenvalue weighted by Crippen LogP contribution is 2.23. The summed E-state index contributed by atoms with van der Waals surface area (Å²) in [5, 5.41) is 11.7. The van der Waals surface area contributed by atoms with E-state index in [2.05, 4.69) is 18.8 Å². The molecule has 0 aliphatic rings. The van der Waals surface area contributed by atoms with E-state index in [9.17, 15) is 5.11 Å². The van der Waals surface area contributed by atoms with Crippen LogP contribution in [0.2, 0.25) is 0 Å². The number of hydrogen-bond acceptors (Lipinski definition) is 3. The molecular formula is C14H17NOS. The molecule has 0 bridgehead atoms. The number of rotatable bonds is 4. The Morgan fingerprint density at radius 2 is 2.12 bits per heavy atom. The topological polar surface area (TPSA) is 33.1 Å². The van der Waals surface area contributed by atoms with Crippen LogP contribution in [0, 0.1) is 0 Å². The molecule has 0 amide bonds. The van der Waals surface area contributed by atoms with Gasteiger partial charge in [0.05, 0.1) is 11.6 Å². The zero-order valence-electron chi connectivity index (χ0n) is 10.1. The number of benzene rings is 1. The molecule has 0 radical (unpaired) electrons. The lowest BCUT2D eigenvalue weighted by Crippen LogP contribution is -2.03. The molecule has 1 N–H and O–H groups in total. The van der Waals surface area contributed by atoms with Crippen molar-refractivity contribution in [2.24, 2.45) is 0 Å². The summed E-state index contributed by atoms with van der Waals surface area (Å²) < 4.78 is 0. The molecule has 0 saturated carbocycles. The first-order chi connectivity index (χ1) is 8.16. The van der Waals surface area contributed by atoms with Crippen LogP contribution in [0.4, 0.5) is 0 Å². The zero-order chi connectivity index (χ0) is 12.3. The Hall–Kier alpha value is -1.06. The van der Waals surface area contributed by atoms with Crippen LogP contribution in [0.3, 0.4) is 0 Å². The molecule has 2 nitrogen and oxygen atoms in total. The number of aliphatic hydroxyl groups is 1. The van der Waals surface area contributed by atoms with Gasteiger partial charge in [-0.2, -0.15) is 11.8 Å². The minimum absolute atomic E-state index is 0.409. The highest BCUT2D eigenvalue weighted by atomic mass is 32.2. The molecule has 3 heteroatoms. The van der Waals surface area contributed by atoms with Crippen LogP contribution in [-0.2, 0) is 0 Å². The van der Waals surface area contributed by atoms with Gasteiger partial charge in [0.15, 0.2) is 0 Å². The Labute approximate surface area is 106 Å². The lowest BCUT2D eigenvalue weighted by molar-refractivity contribution is 0.204. The minimum Gasteiger partial charge on any atom is -0.388 e. The Morgan fingerprint density at radius 1 is 1.29 bits per heavy atom. The maximum absolute atomic E-state index is 10.1. The largest absolute Gasteiger partial charge is 0.388 e. The van der Waals surface area contributed by atoms with Gasteiger partial charge in [0.2, 0.25) is 0 Å². The molecule has 90 valence electrons. The lowest BCUT2D eigenvalue weighted by Gasteiger charge is -2.12. The number of nitrogens with zero attached hydrogens (tertiary/aromatic N) is 1. The molecular weight excluding hydrogens is 230 g/mol. The SMILES string of the molecule is CC(C)SCC(O)c1ccc2cccnc2c1. The molecule has 0 saturated heterocycles. The summed E-state index contributed by atoms with van der Waals surface area (Å²) in [4.78, 5) is 4.30. The monoisotopic (exact) mass is 247 g/mol. The van der Waals surface area contributed by atoms with E-state index in [0.717, 1.165) is 22.2 Å². The molecule has 0 spiro atoms. The standard InChI is InChI=1S/C14H17NOS/c1-10(2)17-9-14(16)12-6-5-11-4-3-7-15-13(11)8-12/h3-8,10,14,16H,9H2,1-2H3. The van der Waals surface area contributed by atoms with Crippen molar-refractivity contribution in [1.29, 1.82) is 0 Å². The second kappa shape index (κ2) is 5.52. The molecule has 0 fully saturated rings. The fourth-order valence-corrected chi connectivity index (χ4v) is 2.43. The smallest absolute Gasteiger partial charge is 0.0881 e. The van der Waals surface area contributed by atoms with Crippen LogP contribution in [0.1, 0.15) is 25.5 Å². The van der Waals surface area contributed by atoms with Crippen LogP contribution in [-0.4, -0.2) is 21.1 Å². The lowest BCUT2D eigenvalue weighted by atomic mass is 10.1. The Morgan fingerprint density at radius 3 is 2.88 bits per heavy atom. The summed E-state index contributed by atoms with van der Waals surface area (Å²) >= 11 is 1.77. The van der Waals surface area contributed by atoms with Gasteiger partial charge in [-0.15, -0.1) is 0 Å². The van der Waals surface area contributed by atoms with Gasteiger partial charge in [-0.1, -0.05) is 32.0 Å². The van der Waals surface area contributed by atoms with Crippen LogP contribution in [0.5, 0.6) is 0 Å². The number of fused-ring (bicyclic) bond motifs is 1. The van der Waals surface area contributed by atoms with Gasteiger partial charge >= 0.3 is 0 Å². The summed E-state index contributed by atoms with van der Waals surface area (Å²) in [6.07, 6.45) is 1.37. The van der Waals surface area contributed by atoms with E-state index in [1.54, 1.807) is 18.0 Å². The average Bonchev–Trinajstić information content (AvgIpc) is 2.35. The van der Waals surface area contributed by atoms with Gasteiger partial charge in [-0.05, 0) is 22.9 Å². The normalized spacial score (nSPS) is 13.2. The number of aliphatic hydroxyl groups excluding tert-OH is 1. The maximum Gasteiger partial charge on any atom is 0.0881 e. The molecule has 1 atom stereocenters. The average molecular weight is 247 g/mol. The van der Waals surface area contributed by atoms with Crippen molar-refractivity contribution in [3.8, 4) is 0 Å². The minimum atomic E-state index is -0.409. The molecule has 17 heavy (non-hydrogen) atoms. The molecule has 0 aliphatic carbocycles. The first-order valence-electron chi connectivity index (χ1n) is 5.81. The summed E-state index contributed by atoms with van der Waals surface area (Å²) in [7, 11) is 0. The number of aromatic nitrogens is 1. The highest BCUT2D eigenvalue weighted by molar-refractivity contribution is 7.99. The van der Waals surface area contributed by atoms with Crippen molar-refractivity contribution in [3.05, 3.63) is 42.1 Å². The molecule has 2 aromatic rings. The number of hydrogen-bond donors (Lipinski definition) is 1. The molecule has 1 heterocycles. The van der Waals surface area contributed by atoms with Gasteiger partial charge in [0.1, 0.15) is 0 Å². The maximum atomic E-state index is 10.1. The Balaban J connectivity index is 2.18. The van der Waals surface area contributed by atoms with Crippen molar-refractivity contribution in [2.75, 3.05) is 5.75 Å².